The van der Waals surface area contributed by atoms with Crippen LogP contribution < -0.4 is 9.64 Å². The molecule has 21 heavy (non-hydrogen) atoms. The van der Waals surface area contributed by atoms with Crippen LogP contribution in [0, 0.1) is 0 Å². The van der Waals surface area contributed by atoms with Gasteiger partial charge in [-0.2, -0.15) is 0 Å². The van der Waals surface area contributed by atoms with E-state index in [4.69, 9.17) is 9.84 Å². The van der Waals surface area contributed by atoms with Crippen LogP contribution in [0.15, 0.2) is 24.5 Å². The fourth-order valence-electron chi connectivity index (χ4n) is 3.04. The molecule has 2 aromatic rings. The lowest BCUT2D eigenvalue weighted by atomic mass is 10.1. The highest BCUT2D eigenvalue weighted by Crippen LogP contribution is 2.36. The zero-order chi connectivity index (χ0) is 14.4. The van der Waals surface area contributed by atoms with Crippen LogP contribution in [0.4, 0.5) is 10.6 Å². The van der Waals surface area contributed by atoms with Crippen LogP contribution in [0.25, 0.3) is 10.9 Å². The van der Waals surface area contributed by atoms with Gasteiger partial charge in [0.2, 0.25) is 0 Å². The predicted octanol–water partition coefficient (Wildman–Crippen LogP) is 1.19. The number of piperazine rings is 1. The van der Waals surface area contributed by atoms with Crippen LogP contribution in [0.3, 0.4) is 0 Å². The maximum absolute atomic E-state index is 11.2. The van der Waals surface area contributed by atoms with Crippen LogP contribution >= 0.6 is 0 Å². The van der Waals surface area contributed by atoms with Crippen molar-refractivity contribution in [2.45, 2.75) is 6.04 Å². The van der Waals surface area contributed by atoms with Crippen molar-refractivity contribution >= 4 is 22.8 Å². The Bertz CT molecular complexity index is 715. The van der Waals surface area contributed by atoms with Crippen molar-refractivity contribution in [1.82, 2.24) is 14.9 Å². The molecule has 1 amide bonds. The highest BCUT2D eigenvalue weighted by molar-refractivity contribution is 5.95. The zero-order valence-electron chi connectivity index (χ0n) is 11.3. The molecule has 4 rings (SSSR count). The smallest absolute Gasteiger partial charge is 0.407 e. The number of aromatic nitrogens is 2. The summed E-state index contributed by atoms with van der Waals surface area (Å²) in [5.41, 5.74) is 0.846. The molecule has 7 heteroatoms. The number of nitrogens with zero attached hydrogens (tertiary/aromatic N) is 4. The summed E-state index contributed by atoms with van der Waals surface area (Å²) in [6.45, 7) is 1.95. The van der Waals surface area contributed by atoms with E-state index in [-0.39, 0.29) is 6.04 Å². The van der Waals surface area contributed by atoms with Crippen LogP contribution in [-0.2, 0) is 0 Å². The molecular weight excluding hydrogens is 272 g/mol. The summed E-state index contributed by atoms with van der Waals surface area (Å²) in [5, 5.41) is 10.1. The van der Waals surface area contributed by atoms with E-state index in [1.54, 1.807) is 6.33 Å². The molecule has 1 unspecified atom stereocenters. The molecule has 1 N–H and O–H groups in total. The quantitative estimate of drug-likeness (QED) is 0.783. The zero-order valence-corrected chi connectivity index (χ0v) is 11.3. The minimum atomic E-state index is -0.885. The van der Waals surface area contributed by atoms with E-state index in [1.807, 2.05) is 18.2 Å². The highest BCUT2D eigenvalue weighted by Gasteiger charge is 2.34. The lowest BCUT2D eigenvalue weighted by Crippen LogP contribution is -2.56. The highest BCUT2D eigenvalue weighted by atomic mass is 16.5. The Balaban J connectivity index is 1.81. The summed E-state index contributed by atoms with van der Waals surface area (Å²) >= 11 is 0. The SMILES string of the molecule is O=C(O)N1CCN2c3ncnc4cccc(c34)OCC2C1. The van der Waals surface area contributed by atoms with Crippen LogP contribution in [0.1, 0.15) is 0 Å². The van der Waals surface area contributed by atoms with Gasteiger partial charge in [-0.05, 0) is 12.1 Å². The van der Waals surface area contributed by atoms with E-state index in [1.165, 1.54) is 4.90 Å². The first-order valence-electron chi connectivity index (χ1n) is 6.85. The van der Waals surface area contributed by atoms with Crippen molar-refractivity contribution in [3.63, 3.8) is 0 Å². The molecule has 0 saturated carbocycles. The van der Waals surface area contributed by atoms with Crippen molar-refractivity contribution in [2.24, 2.45) is 0 Å². The first-order valence-corrected chi connectivity index (χ1v) is 6.85. The van der Waals surface area contributed by atoms with Gasteiger partial charge in [-0.15, -0.1) is 0 Å². The second-order valence-corrected chi connectivity index (χ2v) is 5.23. The summed E-state index contributed by atoms with van der Waals surface area (Å²) in [4.78, 5) is 23.4. The molecule has 0 aliphatic carbocycles. The van der Waals surface area contributed by atoms with Gasteiger partial charge in [-0.25, -0.2) is 14.8 Å². The van der Waals surface area contributed by atoms with E-state index >= 15 is 0 Å². The Morgan fingerprint density at radius 1 is 1.33 bits per heavy atom. The second-order valence-electron chi connectivity index (χ2n) is 5.23. The molecule has 0 bridgehead atoms. The number of fused-ring (bicyclic) bond motifs is 2. The van der Waals surface area contributed by atoms with Gasteiger partial charge in [0.15, 0.2) is 0 Å². The van der Waals surface area contributed by atoms with Crippen LogP contribution in [0.2, 0.25) is 0 Å². The van der Waals surface area contributed by atoms with E-state index in [9.17, 15) is 4.79 Å². The maximum Gasteiger partial charge on any atom is 0.407 e. The number of benzene rings is 1. The lowest BCUT2D eigenvalue weighted by molar-refractivity contribution is 0.127. The third-order valence-electron chi connectivity index (χ3n) is 4.06. The summed E-state index contributed by atoms with van der Waals surface area (Å²) in [6, 6.07) is 5.71. The molecule has 0 radical (unpaired) electrons. The Hall–Kier alpha value is -2.57. The first kappa shape index (κ1) is 12.2. The number of hydrogen-bond donors (Lipinski definition) is 1. The maximum atomic E-state index is 11.2. The summed E-state index contributed by atoms with van der Waals surface area (Å²) in [5.74, 6) is 1.60. The van der Waals surface area contributed by atoms with E-state index in [2.05, 4.69) is 14.9 Å². The molecule has 0 spiro atoms. The number of carboxylic acid groups (broad SMARTS) is 1. The molecule has 1 aromatic heterocycles. The van der Waals surface area contributed by atoms with Crippen molar-refractivity contribution in [2.75, 3.05) is 31.1 Å². The first-order chi connectivity index (χ1) is 10.2. The van der Waals surface area contributed by atoms with Gasteiger partial charge in [0.05, 0.1) is 16.9 Å². The molecule has 1 atom stereocenters. The molecule has 1 aromatic carbocycles. The Labute approximate surface area is 120 Å². The van der Waals surface area contributed by atoms with Gasteiger partial charge in [-0.1, -0.05) is 6.07 Å². The average Bonchev–Trinajstić information content (AvgIpc) is 2.67. The second kappa shape index (κ2) is 4.47. The van der Waals surface area contributed by atoms with E-state index < -0.39 is 6.09 Å². The van der Waals surface area contributed by atoms with Gasteiger partial charge >= 0.3 is 6.09 Å². The standard InChI is InChI=1S/C14H14N4O3/c19-14(20)17-4-5-18-9(6-17)7-21-11-3-1-2-10-12(11)13(18)16-8-15-10/h1-3,8-9H,4-7H2,(H,19,20). The molecule has 2 aliphatic rings. The third kappa shape index (κ3) is 1.84. The number of hydrogen-bond acceptors (Lipinski definition) is 5. The van der Waals surface area contributed by atoms with E-state index in [0.717, 1.165) is 22.5 Å². The minimum Gasteiger partial charge on any atom is -0.491 e. The Morgan fingerprint density at radius 2 is 2.24 bits per heavy atom. The van der Waals surface area contributed by atoms with Crippen molar-refractivity contribution in [3.05, 3.63) is 24.5 Å². The largest absolute Gasteiger partial charge is 0.491 e. The normalized spacial score (nSPS) is 20.7. The van der Waals surface area contributed by atoms with Crippen molar-refractivity contribution < 1.29 is 14.6 Å². The molecule has 108 valence electrons. The van der Waals surface area contributed by atoms with Gasteiger partial charge in [0.25, 0.3) is 0 Å². The number of carbonyl (C=O) groups is 1. The average molecular weight is 286 g/mol. The van der Waals surface area contributed by atoms with Gasteiger partial charge in [0.1, 0.15) is 24.5 Å². The Morgan fingerprint density at radius 3 is 3.10 bits per heavy atom. The number of amides is 1. The van der Waals surface area contributed by atoms with Gasteiger partial charge in [-0.3, -0.25) is 0 Å². The number of rotatable bonds is 0. The summed E-state index contributed by atoms with van der Waals surface area (Å²) < 4.78 is 5.88. The minimum absolute atomic E-state index is 0.0275. The summed E-state index contributed by atoms with van der Waals surface area (Å²) in [7, 11) is 0. The molecule has 1 saturated heterocycles. The third-order valence-corrected chi connectivity index (χ3v) is 4.06. The van der Waals surface area contributed by atoms with Crippen LogP contribution in [0.5, 0.6) is 5.75 Å². The van der Waals surface area contributed by atoms with Crippen molar-refractivity contribution in [1.29, 1.82) is 0 Å². The fourth-order valence-corrected chi connectivity index (χ4v) is 3.04. The fraction of sp³-hybridized carbons (Fsp3) is 0.357. The monoisotopic (exact) mass is 286 g/mol. The van der Waals surface area contributed by atoms with Crippen molar-refractivity contribution in [3.8, 4) is 5.75 Å². The topological polar surface area (TPSA) is 78.8 Å². The van der Waals surface area contributed by atoms with Gasteiger partial charge in [0, 0.05) is 19.6 Å². The molecule has 7 nitrogen and oxygen atoms in total. The lowest BCUT2D eigenvalue weighted by Gasteiger charge is -2.39. The Kier molecular flexibility index (Phi) is 2.60. The molecule has 2 aliphatic heterocycles. The van der Waals surface area contributed by atoms with Gasteiger partial charge < -0.3 is 19.6 Å². The predicted molar refractivity (Wildman–Crippen MR) is 75.8 cm³/mol. The molecule has 3 heterocycles. The molecule has 1 fully saturated rings. The number of ether oxygens (including phenoxy) is 1. The summed E-state index contributed by atoms with van der Waals surface area (Å²) in [6.07, 6.45) is 0.664. The van der Waals surface area contributed by atoms with Crippen LogP contribution in [-0.4, -0.2) is 58.4 Å². The molecular formula is C14H14N4O3. The number of anilines is 1. The van der Waals surface area contributed by atoms with E-state index in [0.29, 0.717) is 26.2 Å².